The fraction of sp³-hybridized carbons (Fsp3) is 0.250. The Kier molecular flexibility index (Phi) is 3.92. The molecular formula is C16H16N4O3. The van der Waals surface area contributed by atoms with Crippen molar-refractivity contribution in [1.29, 1.82) is 0 Å². The number of pyridine rings is 1. The normalized spacial score (nSPS) is 19.8. The Morgan fingerprint density at radius 3 is 2.74 bits per heavy atom. The number of amides is 2. The van der Waals surface area contributed by atoms with E-state index in [4.69, 9.17) is 0 Å². The molecule has 23 heavy (non-hydrogen) atoms. The van der Waals surface area contributed by atoms with Gasteiger partial charge < -0.3 is 10.2 Å². The minimum absolute atomic E-state index is 0.0166. The van der Waals surface area contributed by atoms with Gasteiger partial charge in [-0.3, -0.25) is 15.1 Å². The van der Waals surface area contributed by atoms with E-state index in [1.807, 2.05) is 30.3 Å². The predicted molar refractivity (Wildman–Crippen MR) is 85.0 cm³/mol. The predicted octanol–water partition coefficient (Wildman–Crippen LogP) is 3.21. The minimum Gasteiger partial charge on any atom is -0.317 e. The molecule has 1 N–H and O–H groups in total. The molecule has 0 unspecified atom stereocenters. The third-order valence-corrected chi connectivity index (χ3v) is 4.00. The molecule has 7 nitrogen and oxygen atoms in total. The second kappa shape index (κ2) is 6.04. The molecule has 0 saturated carbocycles. The molecule has 0 bridgehead atoms. The molecular weight excluding hydrogens is 296 g/mol. The third kappa shape index (κ3) is 2.85. The highest BCUT2D eigenvalue weighted by atomic mass is 16.6. The van der Waals surface area contributed by atoms with Crippen LogP contribution in [0.3, 0.4) is 0 Å². The Hall–Kier alpha value is -2.96. The highest BCUT2D eigenvalue weighted by Gasteiger charge is 2.40. The van der Waals surface area contributed by atoms with Crippen LogP contribution in [0.5, 0.6) is 0 Å². The zero-order valence-corrected chi connectivity index (χ0v) is 12.5. The molecule has 2 amide bonds. The lowest BCUT2D eigenvalue weighted by atomic mass is 9.85. The number of rotatable bonds is 3. The van der Waals surface area contributed by atoms with Crippen LogP contribution in [0.1, 0.15) is 18.5 Å². The van der Waals surface area contributed by atoms with Crippen molar-refractivity contribution in [3.8, 4) is 0 Å². The van der Waals surface area contributed by atoms with E-state index in [-0.39, 0.29) is 23.4 Å². The summed E-state index contributed by atoms with van der Waals surface area (Å²) in [7, 11) is 0. The van der Waals surface area contributed by atoms with Gasteiger partial charge in [0.1, 0.15) is 11.9 Å². The molecule has 1 aromatic heterocycles. The maximum atomic E-state index is 12.5. The molecule has 2 aromatic rings. The first-order chi connectivity index (χ1) is 11.1. The highest BCUT2D eigenvalue weighted by Crippen LogP contribution is 2.39. The zero-order chi connectivity index (χ0) is 16.4. The topological polar surface area (TPSA) is 88.4 Å². The first-order valence-corrected chi connectivity index (χ1v) is 7.29. The first-order valence-electron chi connectivity index (χ1n) is 7.29. The monoisotopic (exact) mass is 312 g/mol. The van der Waals surface area contributed by atoms with Crippen LogP contribution in [-0.4, -0.2) is 27.4 Å². The van der Waals surface area contributed by atoms with Crippen LogP contribution in [-0.2, 0) is 0 Å². The number of carbonyl (C=O) groups is 1. The number of urea groups is 1. The van der Waals surface area contributed by atoms with E-state index in [9.17, 15) is 14.9 Å². The van der Waals surface area contributed by atoms with Crippen LogP contribution in [0, 0.1) is 16.0 Å². The summed E-state index contributed by atoms with van der Waals surface area (Å²) in [4.78, 5) is 28.3. The summed E-state index contributed by atoms with van der Waals surface area (Å²) in [5, 5.41) is 13.6. The number of benzene rings is 1. The van der Waals surface area contributed by atoms with Gasteiger partial charge in [-0.25, -0.2) is 4.79 Å². The van der Waals surface area contributed by atoms with Gasteiger partial charge in [0.15, 0.2) is 0 Å². The van der Waals surface area contributed by atoms with Gasteiger partial charge in [-0.2, -0.15) is 0 Å². The van der Waals surface area contributed by atoms with E-state index >= 15 is 0 Å². The van der Waals surface area contributed by atoms with Gasteiger partial charge in [0.2, 0.25) is 0 Å². The maximum Gasteiger partial charge on any atom is 0.322 e. The summed E-state index contributed by atoms with van der Waals surface area (Å²) < 4.78 is 0. The molecule has 1 saturated heterocycles. The number of carbonyl (C=O) groups excluding carboxylic acids is 1. The summed E-state index contributed by atoms with van der Waals surface area (Å²) >= 11 is 0. The van der Waals surface area contributed by atoms with Gasteiger partial charge in [-0.15, -0.1) is 0 Å². The minimum atomic E-state index is -0.560. The Morgan fingerprint density at radius 1 is 1.35 bits per heavy atom. The summed E-state index contributed by atoms with van der Waals surface area (Å²) in [5.74, 6) is 0.343. The van der Waals surface area contributed by atoms with Gasteiger partial charge in [0, 0.05) is 12.7 Å². The zero-order valence-electron chi connectivity index (χ0n) is 12.5. The lowest BCUT2D eigenvalue weighted by Crippen LogP contribution is -2.53. The molecule has 1 aliphatic heterocycles. The van der Waals surface area contributed by atoms with E-state index in [1.165, 1.54) is 12.3 Å². The van der Waals surface area contributed by atoms with E-state index in [2.05, 4.69) is 17.2 Å². The molecule has 3 rings (SSSR count). The van der Waals surface area contributed by atoms with Gasteiger partial charge in [0.05, 0.1) is 11.0 Å². The Morgan fingerprint density at radius 2 is 2.09 bits per heavy atom. The van der Waals surface area contributed by atoms with Crippen molar-refractivity contribution in [2.24, 2.45) is 5.92 Å². The number of hydrogen-bond acceptors (Lipinski definition) is 4. The number of nitro groups is 1. The van der Waals surface area contributed by atoms with Crippen LogP contribution in [0.25, 0.3) is 0 Å². The lowest BCUT2D eigenvalue weighted by Gasteiger charge is -2.46. The lowest BCUT2D eigenvalue weighted by molar-refractivity contribution is -0.384. The Bertz CT molecular complexity index is 735. The van der Waals surface area contributed by atoms with Gasteiger partial charge in [-0.1, -0.05) is 37.3 Å². The van der Waals surface area contributed by atoms with Crippen LogP contribution in [0.15, 0.2) is 48.8 Å². The van der Waals surface area contributed by atoms with Gasteiger partial charge in [0.25, 0.3) is 0 Å². The van der Waals surface area contributed by atoms with Crippen LogP contribution in [0.4, 0.5) is 16.2 Å². The van der Waals surface area contributed by atoms with Gasteiger partial charge in [-0.05, 0) is 17.5 Å². The number of hydrogen-bond donors (Lipinski definition) is 1. The van der Waals surface area contributed by atoms with Crippen LogP contribution < -0.4 is 5.32 Å². The average Bonchev–Trinajstić information content (AvgIpc) is 2.53. The largest absolute Gasteiger partial charge is 0.322 e. The molecule has 1 aliphatic rings. The Labute approximate surface area is 133 Å². The van der Waals surface area contributed by atoms with Crippen LogP contribution in [0.2, 0.25) is 0 Å². The van der Waals surface area contributed by atoms with Crippen molar-refractivity contribution in [3.63, 3.8) is 0 Å². The number of likely N-dealkylation sites (tertiary alicyclic amines) is 1. The maximum absolute atomic E-state index is 12.5. The van der Waals surface area contributed by atoms with E-state index in [0.29, 0.717) is 12.5 Å². The molecule has 1 fully saturated rings. The first kappa shape index (κ1) is 15.0. The van der Waals surface area contributed by atoms with E-state index in [1.54, 1.807) is 4.90 Å². The fourth-order valence-corrected chi connectivity index (χ4v) is 2.89. The molecule has 0 spiro atoms. The molecule has 118 valence electrons. The fourth-order valence-electron chi connectivity index (χ4n) is 2.89. The molecule has 7 heteroatoms. The van der Waals surface area contributed by atoms with Crippen molar-refractivity contribution in [2.75, 3.05) is 11.9 Å². The average molecular weight is 312 g/mol. The summed E-state index contributed by atoms with van der Waals surface area (Å²) in [6.45, 7) is 2.70. The van der Waals surface area contributed by atoms with E-state index in [0.717, 1.165) is 11.8 Å². The van der Waals surface area contributed by atoms with Gasteiger partial charge >= 0.3 is 11.7 Å². The SMILES string of the molecule is C[C@H]1CN(C(=O)Nc2ccncc2[N+](=O)[O-])[C@@H]1c1ccccc1. The number of anilines is 1. The van der Waals surface area contributed by atoms with Crippen molar-refractivity contribution < 1.29 is 9.72 Å². The van der Waals surface area contributed by atoms with E-state index < -0.39 is 4.92 Å². The molecule has 2 atom stereocenters. The summed E-state index contributed by atoms with van der Waals surface area (Å²) in [5.41, 5.74) is 0.998. The molecule has 0 radical (unpaired) electrons. The van der Waals surface area contributed by atoms with Crippen molar-refractivity contribution >= 4 is 17.4 Å². The smallest absolute Gasteiger partial charge is 0.317 e. The second-order valence-electron chi connectivity index (χ2n) is 5.57. The van der Waals surface area contributed by atoms with Crippen molar-refractivity contribution in [3.05, 3.63) is 64.5 Å². The summed E-state index contributed by atoms with van der Waals surface area (Å²) in [6.07, 6.45) is 2.54. The Balaban J connectivity index is 1.78. The second-order valence-corrected chi connectivity index (χ2v) is 5.57. The standard InChI is InChI=1S/C16H16N4O3/c1-11-10-19(15(11)12-5-3-2-4-6-12)16(21)18-13-7-8-17-9-14(13)20(22)23/h2-9,11,15H,10H2,1H3,(H,17,18,21)/t11-,15-/m0/s1. The number of aromatic nitrogens is 1. The quantitative estimate of drug-likeness (QED) is 0.696. The van der Waals surface area contributed by atoms with Crippen LogP contribution >= 0.6 is 0 Å². The van der Waals surface area contributed by atoms with Crippen molar-refractivity contribution in [1.82, 2.24) is 9.88 Å². The highest BCUT2D eigenvalue weighted by molar-refractivity contribution is 5.92. The molecule has 1 aromatic carbocycles. The number of nitrogens with zero attached hydrogens (tertiary/aromatic N) is 3. The number of nitrogens with one attached hydrogen (secondary N) is 1. The van der Waals surface area contributed by atoms with Crippen molar-refractivity contribution in [2.45, 2.75) is 13.0 Å². The third-order valence-electron chi connectivity index (χ3n) is 4.00. The molecule has 2 heterocycles. The molecule has 0 aliphatic carbocycles. The summed E-state index contributed by atoms with van der Waals surface area (Å²) in [6, 6.07) is 10.8.